The van der Waals surface area contributed by atoms with Crippen LogP contribution in [0.1, 0.15) is 18.4 Å². The summed E-state index contributed by atoms with van der Waals surface area (Å²) in [6.45, 7) is 2.90. The fourth-order valence-electron chi connectivity index (χ4n) is 1.90. The minimum atomic E-state index is 0.661. The van der Waals surface area contributed by atoms with E-state index in [1.54, 1.807) is 6.33 Å². The van der Waals surface area contributed by atoms with Crippen molar-refractivity contribution in [3.05, 3.63) is 18.1 Å². The van der Waals surface area contributed by atoms with Crippen LogP contribution >= 0.6 is 0 Å². The van der Waals surface area contributed by atoms with E-state index in [-0.39, 0.29) is 0 Å². The molecule has 2 heterocycles. The summed E-state index contributed by atoms with van der Waals surface area (Å²) in [6, 6.07) is 0. The predicted molar refractivity (Wildman–Crippen MR) is 56.2 cm³/mol. The Morgan fingerprint density at radius 1 is 1.36 bits per heavy atom. The highest BCUT2D eigenvalue weighted by Crippen LogP contribution is 2.20. The largest absolute Gasteiger partial charge is 0.356 e. The molecule has 1 saturated heterocycles. The Bertz CT molecular complexity index is 294. The first-order valence-electron chi connectivity index (χ1n) is 5.15. The molecule has 0 atom stereocenters. The highest BCUT2D eigenvalue weighted by molar-refractivity contribution is 5.46. The Morgan fingerprint density at radius 2 is 2.14 bits per heavy atom. The first-order valence-corrected chi connectivity index (χ1v) is 5.15. The summed E-state index contributed by atoms with van der Waals surface area (Å²) in [5.74, 6) is 1.09. The summed E-state index contributed by atoms with van der Waals surface area (Å²) in [5, 5.41) is 0. The standard InChI is InChI=1S/C10H16N4/c11-4-3-9-7-12-8-13-10(9)14-5-1-2-6-14/h7-8H,1-6,11H2. The van der Waals surface area contributed by atoms with Crippen LogP contribution in [0.15, 0.2) is 12.5 Å². The van der Waals surface area contributed by atoms with Gasteiger partial charge in [-0.2, -0.15) is 0 Å². The van der Waals surface area contributed by atoms with Crippen LogP contribution in [0.25, 0.3) is 0 Å². The first-order chi connectivity index (χ1) is 6.92. The molecule has 0 amide bonds. The number of anilines is 1. The molecule has 0 saturated carbocycles. The number of hydrogen-bond acceptors (Lipinski definition) is 4. The van der Waals surface area contributed by atoms with Crippen LogP contribution in [0, 0.1) is 0 Å². The van der Waals surface area contributed by atoms with Crippen LogP contribution in [0.2, 0.25) is 0 Å². The smallest absolute Gasteiger partial charge is 0.135 e. The molecule has 1 aliphatic heterocycles. The average Bonchev–Trinajstić information content (AvgIpc) is 2.72. The van der Waals surface area contributed by atoms with Crippen LogP contribution in [0.5, 0.6) is 0 Å². The molecule has 1 fully saturated rings. The van der Waals surface area contributed by atoms with Gasteiger partial charge < -0.3 is 10.6 Å². The van der Waals surface area contributed by atoms with Crippen molar-refractivity contribution in [3.63, 3.8) is 0 Å². The van der Waals surface area contributed by atoms with Gasteiger partial charge in [-0.25, -0.2) is 9.97 Å². The average molecular weight is 192 g/mol. The number of nitrogens with two attached hydrogens (primary N) is 1. The fourth-order valence-corrected chi connectivity index (χ4v) is 1.90. The molecule has 1 aromatic heterocycles. The van der Waals surface area contributed by atoms with Crippen molar-refractivity contribution in [1.29, 1.82) is 0 Å². The second kappa shape index (κ2) is 4.37. The molecule has 0 aliphatic carbocycles. The molecule has 0 unspecified atom stereocenters. The molecule has 2 N–H and O–H groups in total. The van der Waals surface area contributed by atoms with E-state index < -0.39 is 0 Å². The predicted octanol–water partition coefficient (Wildman–Crippen LogP) is 0.578. The zero-order chi connectivity index (χ0) is 9.80. The topological polar surface area (TPSA) is 55.0 Å². The summed E-state index contributed by atoms with van der Waals surface area (Å²) in [6.07, 6.45) is 6.91. The maximum Gasteiger partial charge on any atom is 0.135 e. The molecule has 0 aromatic carbocycles. The quantitative estimate of drug-likeness (QED) is 0.761. The minimum Gasteiger partial charge on any atom is -0.356 e. The van der Waals surface area contributed by atoms with Gasteiger partial charge in [0.2, 0.25) is 0 Å². The number of aromatic nitrogens is 2. The third-order valence-corrected chi connectivity index (χ3v) is 2.58. The fraction of sp³-hybridized carbons (Fsp3) is 0.600. The van der Waals surface area contributed by atoms with E-state index in [4.69, 9.17) is 5.73 Å². The second-order valence-electron chi connectivity index (χ2n) is 3.60. The summed E-state index contributed by atoms with van der Waals surface area (Å²) in [5.41, 5.74) is 6.73. The van der Waals surface area contributed by atoms with Gasteiger partial charge in [0.05, 0.1) is 0 Å². The van der Waals surface area contributed by atoms with Crippen LogP contribution in [0.3, 0.4) is 0 Å². The Labute approximate surface area is 84.2 Å². The van der Waals surface area contributed by atoms with E-state index in [1.807, 2.05) is 6.20 Å². The van der Waals surface area contributed by atoms with E-state index >= 15 is 0 Å². The van der Waals surface area contributed by atoms with Gasteiger partial charge in [-0.1, -0.05) is 0 Å². The summed E-state index contributed by atoms with van der Waals surface area (Å²) < 4.78 is 0. The molecule has 1 aliphatic rings. The number of nitrogens with zero attached hydrogens (tertiary/aromatic N) is 3. The van der Waals surface area contributed by atoms with Gasteiger partial charge >= 0.3 is 0 Å². The highest BCUT2D eigenvalue weighted by atomic mass is 15.2. The van der Waals surface area contributed by atoms with Crippen molar-refractivity contribution >= 4 is 5.82 Å². The van der Waals surface area contributed by atoms with Crippen LogP contribution < -0.4 is 10.6 Å². The van der Waals surface area contributed by atoms with Gasteiger partial charge in [0.1, 0.15) is 12.1 Å². The Kier molecular flexibility index (Phi) is 2.93. The second-order valence-corrected chi connectivity index (χ2v) is 3.60. The third kappa shape index (κ3) is 1.85. The van der Waals surface area contributed by atoms with Crippen molar-refractivity contribution in [2.24, 2.45) is 5.73 Å². The van der Waals surface area contributed by atoms with Crippen molar-refractivity contribution in [2.75, 3.05) is 24.5 Å². The molecule has 76 valence electrons. The highest BCUT2D eigenvalue weighted by Gasteiger charge is 2.16. The van der Waals surface area contributed by atoms with E-state index in [0.717, 1.165) is 25.3 Å². The van der Waals surface area contributed by atoms with Crippen molar-refractivity contribution in [3.8, 4) is 0 Å². The van der Waals surface area contributed by atoms with Crippen molar-refractivity contribution in [2.45, 2.75) is 19.3 Å². The molecule has 1 aromatic rings. The molecule has 0 bridgehead atoms. The van der Waals surface area contributed by atoms with Gasteiger partial charge in [0.15, 0.2) is 0 Å². The van der Waals surface area contributed by atoms with E-state index in [2.05, 4.69) is 14.9 Å². The molecule has 0 radical (unpaired) electrons. The molecule has 0 spiro atoms. The van der Waals surface area contributed by atoms with Gasteiger partial charge in [0, 0.05) is 24.8 Å². The van der Waals surface area contributed by atoms with Gasteiger partial charge in [-0.15, -0.1) is 0 Å². The lowest BCUT2D eigenvalue weighted by Gasteiger charge is -2.18. The van der Waals surface area contributed by atoms with E-state index in [9.17, 15) is 0 Å². The van der Waals surface area contributed by atoms with E-state index in [0.29, 0.717) is 6.54 Å². The van der Waals surface area contributed by atoms with Crippen LogP contribution in [-0.2, 0) is 6.42 Å². The third-order valence-electron chi connectivity index (χ3n) is 2.58. The normalized spacial score (nSPS) is 16.2. The van der Waals surface area contributed by atoms with Gasteiger partial charge in [-0.3, -0.25) is 0 Å². The van der Waals surface area contributed by atoms with Crippen LogP contribution in [-0.4, -0.2) is 29.6 Å². The van der Waals surface area contributed by atoms with Crippen LogP contribution in [0.4, 0.5) is 5.82 Å². The lowest BCUT2D eigenvalue weighted by molar-refractivity contribution is 0.876. The molecular formula is C10H16N4. The lowest BCUT2D eigenvalue weighted by atomic mass is 10.2. The zero-order valence-corrected chi connectivity index (χ0v) is 8.32. The Hall–Kier alpha value is -1.16. The molecule has 14 heavy (non-hydrogen) atoms. The summed E-state index contributed by atoms with van der Waals surface area (Å²) >= 11 is 0. The lowest BCUT2D eigenvalue weighted by Crippen LogP contribution is -2.21. The summed E-state index contributed by atoms with van der Waals surface area (Å²) in [4.78, 5) is 10.7. The Morgan fingerprint density at radius 3 is 2.86 bits per heavy atom. The maximum absolute atomic E-state index is 5.55. The molecule has 4 heteroatoms. The van der Waals surface area contributed by atoms with Crippen molar-refractivity contribution in [1.82, 2.24) is 9.97 Å². The van der Waals surface area contributed by atoms with Crippen molar-refractivity contribution < 1.29 is 0 Å². The maximum atomic E-state index is 5.55. The zero-order valence-electron chi connectivity index (χ0n) is 8.32. The van der Waals surface area contributed by atoms with Gasteiger partial charge in [0.25, 0.3) is 0 Å². The monoisotopic (exact) mass is 192 g/mol. The van der Waals surface area contributed by atoms with E-state index in [1.165, 1.54) is 18.4 Å². The SMILES string of the molecule is NCCc1cncnc1N1CCCC1. The Balaban J connectivity index is 2.21. The molecule has 2 rings (SSSR count). The minimum absolute atomic E-state index is 0.661. The first kappa shape index (κ1) is 9.40. The number of rotatable bonds is 3. The summed E-state index contributed by atoms with van der Waals surface area (Å²) in [7, 11) is 0. The van der Waals surface area contributed by atoms with Gasteiger partial charge in [-0.05, 0) is 25.8 Å². The number of hydrogen-bond donors (Lipinski definition) is 1. The molecule has 4 nitrogen and oxygen atoms in total. The molecular weight excluding hydrogens is 176 g/mol.